The van der Waals surface area contributed by atoms with E-state index in [0.717, 1.165) is 0 Å². The first-order valence-electron chi connectivity index (χ1n) is 0.698. The molecule has 0 aliphatic carbocycles. The molecule has 5 nitrogen and oxygen atoms in total. The Balaban J connectivity index is -0.00000000800. The fourth-order valence-electron chi connectivity index (χ4n) is 0. The maximum absolute atomic E-state index is 8.85. The van der Waals surface area contributed by atoms with Gasteiger partial charge in [0, 0.05) is 0 Å². The minimum absolute atomic E-state index is 0. The molecule has 0 atom stereocenters. The number of rotatable bonds is 0. The van der Waals surface area contributed by atoms with Gasteiger partial charge < -0.3 is 8.33 Å². The predicted octanol–water partition coefficient (Wildman–Crippen LogP) is -7.95. The molecule has 8 heteroatoms. The molecule has 0 rings (SSSR count). The van der Waals surface area contributed by atoms with Crippen molar-refractivity contribution in [3.63, 3.8) is 0 Å². The number of hydrogen-bond acceptors (Lipinski definition) is 2. The van der Waals surface area contributed by atoms with Gasteiger partial charge in [-0.25, -0.2) is 0 Å². The van der Waals surface area contributed by atoms with E-state index >= 15 is 0 Å². The monoisotopic (exact) mass is 262 g/mol. The van der Waals surface area contributed by atoms with Crippen molar-refractivity contribution in [2.24, 2.45) is 0 Å². The first kappa shape index (κ1) is 22.5. The zero-order chi connectivity index (χ0) is 4.50. The Bertz CT molecular complexity index is 101. The normalized spacial score (nSPS) is 7.25. The van der Waals surface area contributed by atoms with Crippen molar-refractivity contribution >= 4 is 0 Å². The van der Waals surface area contributed by atoms with Crippen LogP contribution in [0, 0.1) is 0 Å². The van der Waals surface area contributed by atoms with Crippen LogP contribution < -0.4 is 103 Å². The molecule has 0 unspecified atom stereocenters. The Morgan fingerprint density at radius 2 is 1.12 bits per heavy atom. The summed E-state index contributed by atoms with van der Waals surface area (Å²) in [5.74, 6) is 0. The van der Waals surface area contributed by atoms with E-state index in [1.54, 1.807) is 0 Å². The van der Waals surface area contributed by atoms with Gasteiger partial charge in [-0.1, -0.05) is 0 Å². The second-order valence-corrected chi connectivity index (χ2v) is 2.65. The average Bonchev–Trinajstić information content (AvgIpc) is 0.722. The summed E-state index contributed by atoms with van der Waals surface area (Å²) in [5.41, 5.74) is 0. The van der Waals surface area contributed by atoms with Crippen LogP contribution in [-0.4, -0.2) is 13.0 Å². The summed E-state index contributed by atoms with van der Waals surface area (Å²) in [6.45, 7) is 0. The Morgan fingerprint density at radius 1 is 1.12 bits per heavy atom. The maximum atomic E-state index is 8.85. The Kier molecular flexibility index (Phi) is 29.4. The van der Waals surface area contributed by atoms with Crippen molar-refractivity contribution in [1.29, 1.82) is 0 Å². The van der Waals surface area contributed by atoms with Crippen LogP contribution in [0.2, 0.25) is 0 Å². The zero-order valence-electron chi connectivity index (χ0n) is 6.62. The van der Waals surface area contributed by atoms with Crippen LogP contribution in [-0.2, 0) is 23.5 Å². The van der Waals surface area contributed by atoms with Crippen molar-refractivity contribution < 1.29 is 142 Å². The summed E-state index contributed by atoms with van der Waals surface area (Å²) in [4.78, 5) is 0. The van der Waals surface area contributed by atoms with E-state index in [0.29, 0.717) is 0 Å². The molecule has 0 bridgehead atoms. The van der Waals surface area contributed by atoms with E-state index in [4.69, 9.17) is 14.3 Å². The second kappa shape index (κ2) is 10.4. The molecule has 0 heterocycles. The third kappa shape index (κ3) is 56.8. The van der Waals surface area contributed by atoms with Gasteiger partial charge >= 0.3 is 134 Å². The van der Waals surface area contributed by atoms with Crippen molar-refractivity contribution in [3.8, 4) is 0 Å². The molecule has 44 valence electrons. The molecule has 0 aliphatic heterocycles. The minimum atomic E-state index is -5.52. The Morgan fingerprint density at radius 3 is 1.12 bits per heavy atom. The molecule has 0 spiro atoms. The molecule has 0 amide bonds. The first-order chi connectivity index (χ1) is 2.00. The summed E-state index contributed by atoms with van der Waals surface area (Å²) in [7, 11) is 0. The van der Waals surface area contributed by atoms with E-state index in [-0.39, 0.29) is 111 Å². The SMILES string of the molecule is O.[H-].[H-].[K+].[K+].[O]=[Mo](=[O])([OH])[OH]. The van der Waals surface area contributed by atoms with Crippen LogP contribution in [0.3, 0.4) is 0 Å². The van der Waals surface area contributed by atoms with Gasteiger partial charge in [0.25, 0.3) is 0 Å². The summed E-state index contributed by atoms with van der Waals surface area (Å²) in [5, 5.41) is 0. The summed E-state index contributed by atoms with van der Waals surface area (Å²) in [6, 6.07) is 0. The molecule has 0 aromatic heterocycles. The molecular weight excluding hydrogens is 254 g/mol. The molecule has 0 saturated carbocycles. The van der Waals surface area contributed by atoms with E-state index in [9.17, 15) is 0 Å². The first-order valence-corrected chi connectivity index (χ1v) is 4.13. The van der Waals surface area contributed by atoms with Crippen molar-refractivity contribution in [2.45, 2.75) is 0 Å². The van der Waals surface area contributed by atoms with Crippen LogP contribution in [0.5, 0.6) is 0 Å². The molecule has 0 aromatic rings. The molecule has 4 N–H and O–H groups in total. The Labute approximate surface area is 138 Å². The Hall–Kier alpha value is 3.44. The van der Waals surface area contributed by atoms with Gasteiger partial charge in [0.2, 0.25) is 0 Å². The zero-order valence-corrected chi connectivity index (χ0v) is 12.9. The second-order valence-electron chi connectivity index (χ2n) is 0.448. The van der Waals surface area contributed by atoms with Crippen molar-refractivity contribution in [3.05, 3.63) is 0 Å². The third-order valence-electron chi connectivity index (χ3n) is 0. The van der Waals surface area contributed by atoms with Gasteiger partial charge in [0.15, 0.2) is 0 Å². The van der Waals surface area contributed by atoms with Gasteiger partial charge in [-0.05, 0) is 0 Å². The molecule has 0 radical (unpaired) electrons. The quantitative estimate of drug-likeness (QED) is 0.422. The molecule has 0 aromatic carbocycles. The van der Waals surface area contributed by atoms with E-state index < -0.39 is 16.7 Å². The predicted molar refractivity (Wildman–Crippen MR) is 11.6 cm³/mol. The van der Waals surface area contributed by atoms with Gasteiger partial charge in [-0.2, -0.15) is 0 Å². The van der Waals surface area contributed by atoms with Crippen LogP contribution >= 0.6 is 0 Å². The molecule has 0 aliphatic rings. The van der Waals surface area contributed by atoms with Gasteiger partial charge in [-0.15, -0.1) is 0 Å². The van der Waals surface area contributed by atoms with E-state index in [1.807, 2.05) is 0 Å². The standard InChI is InChI=1S/2K.Mo.3H2O.2O.2H/h;;;3*1H2;;;;/q2*+1;+2;;;;;;2*-1/p-2. The fourth-order valence-corrected chi connectivity index (χ4v) is 0. The molecular formula is H6K2MoO5. The van der Waals surface area contributed by atoms with Gasteiger partial charge in [0.05, 0.1) is 0 Å². The van der Waals surface area contributed by atoms with Crippen LogP contribution in [0.4, 0.5) is 0 Å². The molecule has 0 fully saturated rings. The summed E-state index contributed by atoms with van der Waals surface area (Å²) >= 11 is -5.52. The molecule has 0 saturated heterocycles. The van der Waals surface area contributed by atoms with Gasteiger partial charge in [-0.3, -0.25) is 0 Å². The van der Waals surface area contributed by atoms with Crippen molar-refractivity contribution in [1.82, 2.24) is 0 Å². The van der Waals surface area contributed by atoms with Crippen LogP contribution in [0.1, 0.15) is 2.85 Å². The fraction of sp³-hybridized carbons (Fsp3) is 0. The van der Waals surface area contributed by atoms with E-state index in [2.05, 4.69) is 0 Å². The summed E-state index contributed by atoms with van der Waals surface area (Å²) < 4.78 is 32.0. The van der Waals surface area contributed by atoms with E-state index in [1.165, 1.54) is 0 Å². The van der Waals surface area contributed by atoms with Crippen molar-refractivity contribution in [2.75, 3.05) is 0 Å². The van der Waals surface area contributed by atoms with Crippen LogP contribution in [0.15, 0.2) is 0 Å². The summed E-state index contributed by atoms with van der Waals surface area (Å²) in [6.07, 6.45) is 0. The average molecular weight is 260 g/mol. The molecule has 8 heavy (non-hydrogen) atoms. The van der Waals surface area contributed by atoms with Crippen LogP contribution in [0.25, 0.3) is 0 Å². The van der Waals surface area contributed by atoms with Gasteiger partial charge in [0.1, 0.15) is 0 Å². The number of hydrogen-bond donors (Lipinski definition) is 2. The third-order valence-corrected chi connectivity index (χ3v) is 0. The topological polar surface area (TPSA) is 106 Å².